The van der Waals surface area contributed by atoms with Crippen LogP contribution in [-0.4, -0.2) is 34.0 Å². The molecule has 36 heavy (non-hydrogen) atoms. The van der Waals surface area contributed by atoms with Gasteiger partial charge in [-0.15, -0.1) is 0 Å². The zero-order chi connectivity index (χ0) is 24.9. The average Bonchev–Trinajstić information content (AvgIpc) is 3.34. The van der Waals surface area contributed by atoms with E-state index in [1.807, 2.05) is 71.5 Å². The number of hydrogen-bond acceptors (Lipinski definition) is 7. The fourth-order valence-corrected chi connectivity index (χ4v) is 4.06. The molecule has 3 heterocycles. The predicted octanol–water partition coefficient (Wildman–Crippen LogP) is 5.04. The molecule has 0 saturated carbocycles. The Kier molecular flexibility index (Phi) is 6.45. The molecule has 2 aromatic carbocycles. The lowest BCUT2D eigenvalue weighted by atomic mass is 10.0. The van der Waals surface area contributed by atoms with E-state index in [4.69, 9.17) is 19.6 Å². The van der Waals surface area contributed by atoms with Crippen LogP contribution in [0.25, 0.3) is 22.2 Å². The van der Waals surface area contributed by atoms with Crippen molar-refractivity contribution in [3.63, 3.8) is 0 Å². The number of pyridine rings is 2. The Morgan fingerprint density at radius 2 is 1.86 bits per heavy atom. The largest absolute Gasteiger partial charge is 0.497 e. The summed E-state index contributed by atoms with van der Waals surface area (Å²) >= 11 is 0. The van der Waals surface area contributed by atoms with Crippen molar-refractivity contribution < 1.29 is 9.47 Å². The van der Waals surface area contributed by atoms with Crippen molar-refractivity contribution in [2.24, 2.45) is 0 Å². The minimum atomic E-state index is 0.476. The summed E-state index contributed by atoms with van der Waals surface area (Å²) in [5.74, 6) is 2.11. The second kappa shape index (κ2) is 10.2. The van der Waals surface area contributed by atoms with Crippen molar-refractivity contribution in [1.82, 2.24) is 19.7 Å². The fourth-order valence-electron chi connectivity index (χ4n) is 4.06. The SMILES string of the molecule is COc1ccc(CNc2nc(-c3ccccc3C#N)cc3nn(Cc4ccccn4)cc23)c(OC)c1. The molecular formula is C28H24N6O2. The number of nitriles is 1. The first-order valence-corrected chi connectivity index (χ1v) is 11.4. The first-order valence-electron chi connectivity index (χ1n) is 11.4. The molecule has 0 radical (unpaired) electrons. The first kappa shape index (κ1) is 22.9. The number of rotatable bonds is 8. The number of methoxy groups -OCH3 is 2. The molecular weight excluding hydrogens is 452 g/mol. The Hall–Kier alpha value is -4.90. The molecule has 0 aliphatic rings. The molecule has 0 aliphatic heterocycles. The Labute approximate surface area is 208 Å². The van der Waals surface area contributed by atoms with Gasteiger partial charge in [0, 0.05) is 36.1 Å². The Morgan fingerprint density at radius 3 is 2.64 bits per heavy atom. The van der Waals surface area contributed by atoms with E-state index in [9.17, 15) is 5.26 Å². The van der Waals surface area contributed by atoms with E-state index in [-0.39, 0.29) is 0 Å². The zero-order valence-electron chi connectivity index (χ0n) is 20.0. The summed E-state index contributed by atoms with van der Waals surface area (Å²) in [7, 11) is 3.26. The van der Waals surface area contributed by atoms with Gasteiger partial charge in [0.2, 0.25) is 0 Å². The molecule has 5 rings (SSSR count). The quantitative estimate of drug-likeness (QED) is 0.335. The third-order valence-corrected chi connectivity index (χ3v) is 5.87. The van der Waals surface area contributed by atoms with Gasteiger partial charge in [-0.2, -0.15) is 10.4 Å². The number of nitrogens with one attached hydrogen (secondary N) is 1. The van der Waals surface area contributed by atoms with E-state index in [0.717, 1.165) is 39.2 Å². The monoisotopic (exact) mass is 476 g/mol. The van der Waals surface area contributed by atoms with Crippen LogP contribution >= 0.6 is 0 Å². The van der Waals surface area contributed by atoms with Gasteiger partial charge in [-0.05, 0) is 36.4 Å². The van der Waals surface area contributed by atoms with Crippen molar-refractivity contribution >= 4 is 16.7 Å². The molecule has 178 valence electrons. The highest BCUT2D eigenvalue weighted by Crippen LogP contribution is 2.31. The van der Waals surface area contributed by atoms with Crippen LogP contribution in [0.4, 0.5) is 5.82 Å². The van der Waals surface area contributed by atoms with Gasteiger partial charge in [-0.1, -0.05) is 24.3 Å². The molecule has 5 aromatic rings. The second-order valence-electron chi connectivity index (χ2n) is 8.13. The van der Waals surface area contributed by atoms with Crippen LogP contribution in [-0.2, 0) is 13.1 Å². The summed E-state index contributed by atoms with van der Waals surface area (Å²) in [6, 6.07) is 23.1. The number of nitrogens with zero attached hydrogens (tertiary/aromatic N) is 5. The molecule has 3 aromatic heterocycles. The van der Waals surface area contributed by atoms with Gasteiger partial charge in [0.1, 0.15) is 17.3 Å². The summed E-state index contributed by atoms with van der Waals surface area (Å²) in [6.07, 6.45) is 3.73. The molecule has 0 spiro atoms. The highest BCUT2D eigenvalue weighted by Gasteiger charge is 2.15. The lowest BCUT2D eigenvalue weighted by Crippen LogP contribution is -2.04. The van der Waals surface area contributed by atoms with Gasteiger partial charge in [0.25, 0.3) is 0 Å². The van der Waals surface area contributed by atoms with Gasteiger partial charge in [0.15, 0.2) is 0 Å². The number of fused-ring (bicyclic) bond motifs is 1. The average molecular weight is 477 g/mol. The molecule has 0 saturated heterocycles. The second-order valence-corrected chi connectivity index (χ2v) is 8.13. The summed E-state index contributed by atoms with van der Waals surface area (Å²) in [6.45, 7) is 1.01. The minimum Gasteiger partial charge on any atom is -0.497 e. The van der Waals surface area contributed by atoms with Gasteiger partial charge in [-0.3, -0.25) is 9.67 Å². The van der Waals surface area contributed by atoms with E-state index in [1.165, 1.54) is 0 Å². The van der Waals surface area contributed by atoms with Crippen LogP contribution < -0.4 is 14.8 Å². The topological polar surface area (TPSA) is 97.9 Å². The number of anilines is 1. The normalized spacial score (nSPS) is 10.7. The Balaban J connectivity index is 1.56. The number of hydrogen-bond donors (Lipinski definition) is 1. The smallest absolute Gasteiger partial charge is 0.138 e. The zero-order valence-corrected chi connectivity index (χ0v) is 20.0. The Morgan fingerprint density at radius 1 is 1.00 bits per heavy atom. The highest BCUT2D eigenvalue weighted by atomic mass is 16.5. The molecule has 1 N–H and O–H groups in total. The van der Waals surface area contributed by atoms with E-state index in [0.29, 0.717) is 30.2 Å². The van der Waals surface area contributed by atoms with Gasteiger partial charge >= 0.3 is 0 Å². The third kappa shape index (κ3) is 4.68. The van der Waals surface area contributed by atoms with E-state index >= 15 is 0 Å². The maximum atomic E-state index is 9.64. The summed E-state index contributed by atoms with van der Waals surface area (Å²) < 4.78 is 12.7. The number of benzene rings is 2. The third-order valence-electron chi connectivity index (χ3n) is 5.87. The van der Waals surface area contributed by atoms with E-state index < -0.39 is 0 Å². The maximum absolute atomic E-state index is 9.64. The molecule has 8 nitrogen and oxygen atoms in total. The van der Waals surface area contributed by atoms with Crippen molar-refractivity contribution in [3.05, 3.63) is 95.9 Å². The predicted molar refractivity (Wildman–Crippen MR) is 138 cm³/mol. The molecule has 0 fully saturated rings. The standard InChI is InChI=1S/C28H24N6O2/c1-35-22-11-10-20(27(13-22)36-2)16-31-28-24-18-34(17-21-8-5-6-12-30-21)33-26(24)14-25(32-28)23-9-4-3-7-19(23)15-29/h3-14,18H,16-17H2,1-2H3,(H,31,32). The number of aromatic nitrogens is 4. The van der Waals surface area contributed by atoms with Gasteiger partial charge in [0.05, 0.1) is 54.7 Å². The van der Waals surface area contributed by atoms with Crippen LogP contribution in [0, 0.1) is 11.3 Å². The van der Waals surface area contributed by atoms with Crippen LogP contribution in [0.3, 0.4) is 0 Å². The van der Waals surface area contributed by atoms with Crippen molar-refractivity contribution in [2.45, 2.75) is 13.1 Å². The summed E-state index contributed by atoms with van der Waals surface area (Å²) in [4.78, 5) is 9.32. The van der Waals surface area contributed by atoms with Crippen LogP contribution in [0.2, 0.25) is 0 Å². The molecule has 0 aliphatic carbocycles. The molecule has 0 amide bonds. The lowest BCUT2D eigenvalue weighted by Gasteiger charge is -2.13. The minimum absolute atomic E-state index is 0.476. The van der Waals surface area contributed by atoms with Crippen LogP contribution in [0.5, 0.6) is 11.5 Å². The highest BCUT2D eigenvalue weighted by molar-refractivity contribution is 5.92. The van der Waals surface area contributed by atoms with Crippen molar-refractivity contribution in [1.29, 1.82) is 5.26 Å². The van der Waals surface area contributed by atoms with Crippen molar-refractivity contribution in [3.8, 4) is 28.8 Å². The molecule has 0 bridgehead atoms. The first-order chi connectivity index (χ1) is 17.7. The molecule has 0 unspecified atom stereocenters. The maximum Gasteiger partial charge on any atom is 0.138 e. The van der Waals surface area contributed by atoms with Gasteiger partial charge < -0.3 is 14.8 Å². The summed E-state index contributed by atoms with van der Waals surface area (Å²) in [5, 5.41) is 18.8. The van der Waals surface area contributed by atoms with Crippen molar-refractivity contribution in [2.75, 3.05) is 19.5 Å². The fraction of sp³-hybridized carbons (Fsp3) is 0.143. The van der Waals surface area contributed by atoms with Crippen LogP contribution in [0.15, 0.2) is 79.1 Å². The van der Waals surface area contributed by atoms with E-state index in [1.54, 1.807) is 26.5 Å². The number of ether oxygens (including phenoxy) is 2. The van der Waals surface area contributed by atoms with Gasteiger partial charge in [-0.25, -0.2) is 4.98 Å². The Bertz CT molecular complexity index is 1560. The van der Waals surface area contributed by atoms with E-state index in [2.05, 4.69) is 16.4 Å². The summed E-state index contributed by atoms with van der Waals surface area (Å²) in [5.41, 5.74) is 4.62. The lowest BCUT2D eigenvalue weighted by molar-refractivity contribution is 0.391. The molecule has 0 atom stereocenters. The molecule has 8 heteroatoms. The van der Waals surface area contributed by atoms with Crippen LogP contribution in [0.1, 0.15) is 16.8 Å².